The number of nitrogen functional groups attached to an aromatic ring is 1. The maximum absolute atomic E-state index is 11.7. The Morgan fingerprint density at radius 2 is 1.74 bits per heavy atom. The van der Waals surface area contributed by atoms with Crippen LogP contribution < -0.4 is 16.0 Å². The van der Waals surface area contributed by atoms with Gasteiger partial charge < -0.3 is 16.0 Å². The molecule has 7 heteroatoms. The maximum Gasteiger partial charge on any atom is 0.296 e. The Hall–Kier alpha value is -2.25. The molecule has 23 heavy (non-hydrogen) atoms. The summed E-state index contributed by atoms with van der Waals surface area (Å²) in [7, 11) is -4.36. The van der Waals surface area contributed by atoms with E-state index in [1.165, 1.54) is 6.07 Å². The Morgan fingerprint density at radius 3 is 2.26 bits per heavy atom. The van der Waals surface area contributed by atoms with Gasteiger partial charge in [0.25, 0.3) is 10.1 Å². The number of anilines is 4. The van der Waals surface area contributed by atoms with Gasteiger partial charge in [0.05, 0.1) is 17.1 Å². The Morgan fingerprint density at radius 1 is 1.13 bits per heavy atom. The lowest BCUT2D eigenvalue weighted by atomic mass is 10.2. The van der Waals surface area contributed by atoms with Crippen molar-refractivity contribution >= 4 is 32.9 Å². The normalized spacial score (nSPS) is 11.3. The number of benzene rings is 2. The monoisotopic (exact) mass is 335 g/mol. The molecular formula is C16H21N3O3S. The number of para-hydroxylation sites is 1. The maximum atomic E-state index is 11.7. The standard InChI is InChI=1S/C16H21N3O3S/c1-3-19(4-2)15-11-14(18-12-8-6-5-7-9-12)13(17)10-16(15)23(20,21)22/h5-11,18H,3-4,17H2,1-2H3,(H,20,21,22). The van der Waals surface area contributed by atoms with Crippen molar-refractivity contribution in [2.45, 2.75) is 18.7 Å². The van der Waals surface area contributed by atoms with Crippen LogP contribution in [0.2, 0.25) is 0 Å². The van der Waals surface area contributed by atoms with Gasteiger partial charge in [0, 0.05) is 18.8 Å². The van der Waals surface area contributed by atoms with Gasteiger partial charge >= 0.3 is 0 Å². The van der Waals surface area contributed by atoms with Crippen molar-refractivity contribution in [1.82, 2.24) is 0 Å². The van der Waals surface area contributed by atoms with Crippen LogP contribution >= 0.6 is 0 Å². The Bertz CT molecular complexity index is 773. The second-order valence-corrected chi connectivity index (χ2v) is 6.44. The van der Waals surface area contributed by atoms with E-state index in [1.54, 1.807) is 6.07 Å². The van der Waals surface area contributed by atoms with E-state index in [9.17, 15) is 13.0 Å². The lowest BCUT2D eigenvalue weighted by molar-refractivity contribution is 0.483. The minimum absolute atomic E-state index is 0.183. The molecule has 124 valence electrons. The van der Waals surface area contributed by atoms with Crippen LogP contribution in [-0.4, -0.2) is 26.1 Å². The number of nitrogens with one attached hydrogen (secondary N) is 1. The summed E-state index contributed by atoms with van der Waals surface area (Å²) in [6.45, 7) is 5.04. The predicted molar refractivity (Wildman–Crippen MR) is 94.0 cm³/mol. The number of rotatable bonds is 6. The summed E-state index contributed by atoms with van der Waals surface area (Å²) in [5.41, 5.74) is 8.06. The summed E-state index contributed by atoms with van der Waals surface area (Å²) in [4.78, 5) is 1.66. The van der Waals surface area contributed by atoms with Gasteiger partial charge in [-0.05, 0) is 38.1 Å². The van der Waals surface area contributed by atoms with E-state index in [2.05, 4.69) is 5.32 Å². The molecule has 4 N–H and O–H groups in total. The van der Waals surface area contributed by atoms with Crippen LogP contribution in [0.25, 0.3) is 0 Å². The van der Waals surface area contributed by atoms with Gasteiger partial charge in [-0.3, -0.25) is 4.55 Å². The van der Waals surface area contributed by atoms with Crippen molar-refractivity contribution in [3.63, 3.8) is 0 Å². The fourth-order valence-corrected chi connectivity index (χ4v) is 3.12. The van der Waals surface area contributed by atoms with Crippen molar-refractivity contribution in [2.75, 3.05) is 29.0 Å². The van der Waals surface area contributed by atoms with E-state index in [0.717, 1.165) is 5.69 Å². The van der Waals surface area contributed by atoms with Crippen LogP contribution in [0.3, 0.4) is 0 Å². The van der Waals surface area contributed by atoms with Crippen molar-refractivity contribution in [3.8, 4) is 0 Å². The first-order valence-corrected chi connectivity index (χ1v) is 8.78. The quantitative estimate of drug-likeness (QED) is 0.554. The number of hydrogen-bond acceptors (Lipinski definition) is 5. The average molecular weight is 335 g/mol. The van der Waals surface area contributed by atoms with Crippen LogP contribution in [0.4, 0.5) is 22.7 Å². The smallest absolute Gasteiger partial charge is 0.296 e. The summed E-state index contributed by atoms with van der Waals surface area (Å²) in [6.07, 6.45) is 0. The molecule has 0 aromatic heterocycles. The zero-order valence-corrected chi connectivity index (χ0v) is 14.0. The first-order valence-electron chi connectivity index (χ1n) is 7.34. The minimum Gasteiger partial charge on any atom is -0.397 e. The molecule has 0 unspecified atom stereocenters. The Kier molecular flexibility index (Phi) is 5.12. The van der Waals surface area contributed by atoms with E-state index in [0.29, 0.717) is 24.5 Å². The lowest BCUT2D eigenvalue weighted by Crippen LogP contribution is -2.24. The molecule has 0 heterocycles. The SMILES string of the molecule is CCN(CC)c1cc(Nc2ccccc2)c(N)cc1S(=O)(=O)O. The third kappa shape index (κ3) is 3.94. The van der Waals surface area contributed by atoms with Gasteiger partial charge in [-0.25, -0.2) is 0 Å². The molecule has 0 bridgehead atoms. The molecule has 0 aliphatic heterocycles. The van der Waals surface area contributed by atoms with Gasteiger partial charge in [0.2, 0.25) is 0 Å². The largest absolute Gasteiger partial charge is 0.397 e. The fraction of sp³-hybridized carbons (Fsp3) is 0.250. The average Bonchev–Trinajstić information content (AvgIpc) is 2.51. The van der Waals surface area contributed by atoms with Gasteiger partial charge in [0.15, 0.2) is 0 Å². The van der Waals surface area contributed by atoms with E-state index in [-0.39, 0.29) is 10.6 Å². The van der Waals surface area contributed by atoms with Crippen LogP contribution in [0.1, 0.15) is 13.8 Å². The number of hydrogen-bond donors (Lipinski definition) is 3. The highest BCUT2D eigenvalue weighted by molar-refractivity contribution is 7.86. The molecule has 0 atom stereocenters. The molecule has 0 aliphatic rings. The summed E-state index contributed by atoms with van der Waals surface area (Å²) >= 11 is 0. The van der Waals surface area contributed by atoms with E-state index < -0.39 is 10.1 Å². The molecule has 6 nitrogen and oxygen atoms in total. The predicted octanol–water partition coefficient (Wildman–Crippen LogP) is 3.11. The van der Waals surface area contributed by atoms with Gasteiger partial charge in [0.1, 0.15) is 4.90 Å². The summed E-state index contributed by atoms with van der Waals surface area (Å²) in [5.74, 6) is 0. The fourth-order valence-electron chi connectivity index (χ4n) is 2.39. The number of nitrogens with two attached hydrogens (primary N) is 1. The second kappa shape index (κ2) is 6.89. The third-order valence-corrected chi connectivity index (χ3v) is 4.45. The highest BCUT2D eigenvalue weighted by Gasteiger charge is 2.21. The first kappa shape index (κ1) is 17.1. The molecule has 0 radical (unpaired) electrons. The first-order chi connectivity index (χ1) is 10.9. The molecule has 0 saturated carbocycles. The van der Waals surface area contributed by atoms with Gasteiger partial charge in [-0.2, -0.15) is 8.42 Å². The van der Waals surface area contributed by atoms with E-state index in [1.807, 2.05) is 49.1 Å². The molecule has 0 spiro atoms. The van der Waals surface area contributed by atoms with Gasteiger partial charge in [-0.15, -0.1) is 0 Å². The zero-order valence-electron chi connectivity index (χ0n) is 13.2. The molecule has 2 rings (SSSR count). The van der Waals surface area contributed by atoms with Crippen molar-refractivity contribution in [2.24, 2.45) is 0 Å². The lowest BCUT2D eigenvalue weighted by Gasteiger charge is -2.25. The Labute approximate surface area is 136 Å². The Balaban J connectivity index is 2.55. The molecule has 0 fully saturated rings. The highest BCUT2D eigenvalue weighted by atomic mass is 32.2. The topological polar surface area (TPSA) is 95.7 Å². The minimum atomic E-state index is -4.36. The van der Waals surface area contributed by atoms with E-state index in [4.69, 9.17) is 5.73 Å². The number of nitrogens with zero attached hydrogens (tertiary/aromatic N) is 1. The molecular weight excluding hydrogens is 314 g/mol. The van der Waals surface area contributed by atoms with Crippen molar-refractivity contribution in [1.29, 1.82) is 0 Å². The van der Waals surface area contributed by atoms with Crippen molar-refractivity contribution in [3.05, 3.63) is 42.5 Å². The second-order valence-electron chi connectivity index (χ2n) is 5.05. The van der Waals surface area contributed by atoms with E-state index >= 15 is 0 Å². The molecule has 0 amide bonds. The third-order valence-electron chi connectivity index (χ3n) is 3.57. The summed E-state index contributed by atoms with van der Waals surface area (Å²) < 4.78 is 32.8. The van der Waals surface area contributed by atoms with Crippen LogP contribution in [-0.2, 0) is 10.1 Å². The highest BCUT2D eigenvalue weighted by Crippen LogP contribution is 2.34. The molecule has 2 aromatic carbocycles. The van der Waals surface area contributed by atoms with Gasteiger partial charge in [-0.1, -0.05) is 18.2 Å². The summed E-state index contributed by atoms with van der Waals surface area (Å²) in [5, 5.41) is 3.17. The van der Waals surface area contributed by atoms with Crippen LogP contribution in [0.5, 0.6) is 0 Å². The van der Waals surface area contributed by atoms with Crippen LogP contribution in [0.15, 0.2) is 47.4 Å². The summed E-state index contributed by atoms with van der Waals surface area (Å²) in [6, 6.07) is 12.4. The molecule has 2 aromatic rings. The van der Waals surface area contributed by atoms with Crippen LogP contribution in [0, 0.1) is 0 Å². The molecule has 0 saturated heterocycles. The molecule has 0 aliphatic carbocycles. The van der Waals surface area contributed by atoms with Crippen molar-refractivity contribution < 1.29 is 13.0 Å². The zero-order chi connectivity index (χ0) is 17.0.